The van der Waals surface area contributed by atoms with Crippen LogP contribution in [0.2, 0.25) is 0 Å². The van der Waals surface area contributed by atoms with Crippen molar-refractivity contribution >= 4 is 63.5 Å². The van der Waals surface area contributed by atoms with Gasteiger partial charge in [0.1, 0.15) is 17.9 Å². The maximum Gasteiger partial charge on any atom is 0.270 e. The molecule has 0 spiro atoms. The predicted molar refractivity (Wildman–Crippen MR) is 150 cm³/mol. The largest absolute Gasteiger partial charge is 0.497 e. The molecule has 184 valence electrons. The first-order valence-electron chi connectivity index (χ1n) is 11.1. The van der Waals surface area contributed by atoms with E-state index >= 15 is 0 Å². The van der Waals surface area contributed by atoms with Crippen molar-refractivity contribution in [3.63, 3.8) is 0 Å². The average molecular weight is 614 g/mol. The fourth-order valence-electron chi connectivity index (χ4n) is 3.59. The molecule has 0 aliphatic carbocycles. The molecule has 1 N–H and O–H groups in total. The number of nitrogens with one attached hydrogen (secondary N) is 1. The van der Waals surface area contributed by atoms with Crippen LogP contribution >= 0.6 is 34.8 Å². The molecule has 2 amide bonds. The standard InChI is InChI=1S/C27H23IN2O5S/c1-3-34-23-15-18(14-22(28)24(23)35-16-17-7-5-4-6-8-17)13-21-25(31)29-27(36)30(26(21)32)19-9-11-20(33-2)12-10-19/h4-15H,3,16H2,1-2H3,(H,29,31,36)/b21-13-. The summed E-state index contributed by atoms with van der Waals surface area (Å²) in [4.78, 5) is 27.4. The molecule has 1 fully saturated rings. The highest BCUT2D eigenvalue weighted by molar-refractivity contribution is 14.1. The van der Waals surface area contributed by atoms with Crippen molar-refractivity contribution in [3.8, 4) is 17.2 Å². The van der Waals surface area contributed by atoms with Crippen molar-refractivity contribution < 1.29 is 23.8 Å². The van der Waals surface area contributed by atoms with E-state index in [1.165, 1.54) is 11.0 Å². The van der Waals surface area contributed by atoms with Crippen LogP contribution in [0.1, 0.15) is 18.1 Å². The normalized spacial score (nSPS) is 14.6. The second kappa shape index (κ2) is 11.5. The molecule has 0 atom stereocenters. The number of rotatable bonds is 8. The van der Waals surface area contributed by atoms with Crippen LogP contribution in [0.25, 0.3) is 6.08 Å². The molecular weight excluding hydrogens is 591 g/mol. The lowest BCUT2D eigenvalue weighted by molar-refractivity contribution is -0.122. The molecule has 0 saturated carbocycles. The van der Waals surface area contributed by atoms with E-state index in [9.17, 15) is 9.59 Å². The minimum absolute atomic E-state index is 0.0153. The molecular formula is C27H23IN2O5S. The minimum Gasteiger partial charge on any atom is -0.497 e. The number of thiocarbonyl (C=S) groups is 1. The first-order chi connectivity index (χ1) is 17.4. The molecule has 1 aliphatic heterocycles. The highest BCUT2D eigenvalue weighted by Gasteiger charge is 2.34. The second-order valence-corrected chi connectivity index (χ2v) is 9.24. The number of nitrogens with zero attached hydrogens (tertiary/aromatic N) is 1. The summed E-state index contributed by atoms with van der Waals surface area (Å²) < 4.78 is 17.9. The van der Waals surface area contributed by atoms with Gasteiger partial charge in [0.15, 0.2) is 16.6 Å². The Morgan fingerprint density at radius 3 is 2.42 bits per heavy atom. The fraction of sp³-hybridized carbons (Fsp3) is 0.148. The smallest absolute Gasteiger partial charge is 0.270 e. The second-order valence-electron chi connectivity index (χ2n) is 7.69. The van der Waals surface area contributed by atoms with Gasteiger partial charge in [-0.15, -0.1) is 0 Å². The van der Waals surface area contributed by atoms with Gasteiger partial charge in [-0.25, -0.2) is 0 Å². The van der Waals surface area contributed by atoms with Gasteiger partial charge in [0, 0.05) is 0 Å². The van der Waals surface area contributed by atoms with Crippen LogP contribution in [0, 0.1) is 3.57 Å². The number of hydrogen-bond acceptors (Lipinski definition) is 6. The van der Waals surface area contributed by atoms with Crippen molar-refractivity contribution in [1.82, 2.24) is 5.32 Å². The number of anilines is 1. The van der Waals surface area contributed by atoms with Gasteiger partial charge in [-0.1, -0.05) is 30.3 Å². The van der Waals surface area contributed by atoms with Crippen LogP contribution in [-0.2, 0) is 16.2 Å². The van der Waals surface area contributed by atoms with Gasteiger partial charge < -0.3 is 14.2 Å². The predicted octanol–water partition coefficient (Wildman–Crippen LogP) is 5.11. The van der Waals surface area contributed by atoms with E-state index in [-0.39, 0.29) is 10.7 Å². The molecule has 0 unspecified atom stereocenters. The van der Waals surface area contributed by atoms with Crippen molar-refractivity contribution in [2.24, 2.45) is 0 Å². The number of methoxy groups -OCH3 is 1. The molecule has 1 aliphatic rings. The molecule has 1 saturated heterocycles. The molecule has 4 rings (SSSR count). The van der Waals surface area contributed by atoms with Gasteiger partial charge in [-0.05, 0) is 95.3 Å². The van der Waals surface area contributed by atoms with Crippen LogP contribution in [0.5, 0.6) is 17.2 Å². The molecule has 1 heterocycles. The van der Waals surface area contributed by atoms with Gasteiger partial charge in [0.05, 0.1) is 23.0 Å². The number of benzene rings is 3. The number of ether oxygens (including phenoxy) is 3. The molecule has 0 bridgehead atoms. The van der Waals surface area contributed by atoms with E-state index in [2.05, 4.69) is 27.9 Å². The summed E-state index contributed by atoms with van der Waals surface area (Å²) in [5.74, 6) is 0.683. The van der Waals surface area contributed by atoms with E-state index in [4.69, 9.17) is 26.4 Å². The molecule has 3 aromatic rings. The van der Waals surface area contributed by atoms with Gasteiger partial charge in [0.25, 0.3) is 11.8 Å². The molecule has 0 aromatic heterocycles. The maximum atomic E-state index is 13.3. The van der Waals surface area contributed by atoms with E-state index in [0.29, 0.717) is 41.7 Å². The lowest BCUT2D eigenvalue weighted by atomic mass is 10.1. The first-order valence-corrected chi connectivity index (χ1v) is 12.6. The molecule has 9 heteroatoms. The quantitative estimate of drug-likeness (QED) is 0.165. The summed E-state index contributed by atoms with van der Waals surface area (Å²) in [6.45, 7) is 2.69. The lowest BCUT2D eigenvalue weighted by Gasteiger charge is -2.29. The zero-order valence-corrected chi connectivity index (χ0v) is 22.6. The third kappa shape index (κ3) is 5.68. The summed E-state index contributed by atoms with van der Waals surface area (Å²) >= 11 is 7.44. The average Bonchev–Trinajstić information content (AvgIpc) is 2.87. The van der Waals surface area contributed by atoms with Gasteiger partial charge in [0.2, 0.25) is 0 Å². The Labute approximate surface area is 228 Å². The third-order valence-corrected chi connectivity index (χ3v) is 6.39. The lowest BCUT2D eigenvalue weighted by Crippen LogP contribution is -2.54. The van der Waals surface area contributed by atoms with E-state index in [1.807, 2.05) is 43.3 Å². The Morgan fingerprint density at radius 2 is 1.75 bits per heavy atom. The molecule has 0 radical (unpaired) electrons. The van der Waals surface area contributed by atoms with E-state index < -0.39 is 11.8 Å². The van der Waals surface area contributed by atoms with Gasteiger partial charge in [-0.3, -0.25) is 19.8 Å². The molecule has 7 nitrogen and oxygen atoms in total. The number of hydrogen-bond donors (Lipinski definition) is 1. The summed E-state index contributed by atoms with van der Waals surface area (Å²) in [5, 5.41) is 2.62. The summed E-state index contributed by atoms with van der Waals surface area (Å²) in [7, 11) is 1.56. The van der Waals surface area contributed by atoms with Crippen molar-refractivity contribution in [2.45, 2.75) is 13.5 Å². The van der Waals surface area contributed by atoms with Crippen LogP contribution in [0.3, 0.4) is 0 Å². The third-order valence-electron chi connectivity index (χ3n) is 5.30. The first kappa shape index (κ1) is 25.6. The summed E-state index contributed by atoms with van der Waals surface area (Å²) in [6, 6.07) is 20.3. The number of amides is 2. The van der Waals surface area contributed by atoms with Crippen molar-refractivity contribution in [1.29, 1.82) is 0 Å². The van der Waals surface area contributed by atoms with Gasteiger partial charge in [-0.2, -0.15) is 0 Å². The SMILES string of the molecule is CCOc1cc(/C=C2/C(=O)NC(=S)N(c3ccc(OC)cc3)C2=O)cc(I)c1OCc1ccccc1. The Kier molecular flexibility index (Phi) is 8.21. The minimum atomic E-state index is -0.563. The van der Waals surface area contributed by atoms with Crippen LogP contribution < -0.4 is 24.4 Å². The van der Waals surface area contributed by atoms with Crippen LogP contribution in [0.4, 0.5) is 5.69 Å². The summed E-state index contributed by atoms with van der Waals surface area (Å²) in [5.41, 5.74) is 2.12. The Hall–Kier alpha value is -3.44. The molecule has 36 heavy (non-hydrogen) atoms. The van der Waals surface area contributed by atoms with E-state index in [0.717, 1.165) is 9.13 Å². The number of carbonyl (C=O) groups excluding carboxylic acids is 2. The highest BCUT2D eigenvalue weighted by atomic mass is 127. The topological polar surface area (TPSA) is 77.1 Å². The number of halogens is 1. The van der Waals surface area contributed by atoms with Crippen LogP contribution in [0.15, 0.2) is 72.3 Å². The number of carbonyl (C=O) groups is 2. The Bertz CT molecular complexity index is 1330. The maximum absolute atomic E-state index is 13.3. The fourth-order valence-corrected chi connectivity index (χ4v) is 4.66. The van der Waals surface area contributed by atoms with E-state index in [1.54, 1.807) is 37.4 Å². The summed E-state index contributed by atoms with van der Waals surface area (Å²) in [6.07, 6.45) is 1.53. The monoisotopic (exact) mass is 614 g/mol. The Morgan fingerprint density at radius 1 is 1.03 bits per heavy atom. The zero-order valence-electron chi connectivity index (χ0n) is 19.6. The highest BCUT2D eigenvalue weighted by Crippen LogP contribution is 2.36. The van der Waals surface area contributed by atoms with Crippen molar-refractivity contribution in [3.05, 3.63) is 87.0 Å². The van der Waals surface area contributed by atoms with Crippen LogP contribution in [-0.4, -0.2) is 30.6 Å². The van der Waals surface area contributed by atoms with Crippen molar-refractivity contribution in [2.75, 3.05) is 18.6 Å². The zero-order chi connectivity index (χ0) is 25.7. The molecule has 3 aromatic carbocycles. The Balaban J connectivity index is 1.65. The van der Waals surface area contributed by atoms with Gasteiger partial charge >= 0.3 is 0 Å².